The molecule has 2 rings (SSSR count). The van der Waals surface area contributed by atoms with E-state index in [1.165, 1.54) is 0 Å². The van der Waals surface area contributed by atoms with Crippen molar-refractivity contribution in [1.29, 1.82) is 0 Å². The first-order chi connectivity index (χ1) is 7.20. The molecule has 2 fully saturated rings. The summed E-state index contributed by atoms with van der Waals surface area (Å²) in [7, 11) is 0. The van der Waals surface area contributed by atoms with E-state index in [1.54, 1.807) is 0 Å². The van der Waals surface area contributed by atoms with Gasteiger partial charge in [0.2, 0.25) is 5.91 Å². The minimum Gasteiger partial charge on any atom is -0.381 e. The number of ether oxygens (including phenoxy) is 1. The number of nitrogens with one attached hydrogen (secondary N) is 1. The third-order valence-corrected chi connectivity index (χ3v) is 3.27. The van der Waals surface area contributed by atoms with Crippen molar-refractivity contribution in [2.24, 2.45) is 5.92 Å². The van der Waals surface area contributed by atoms with Gasteiger partial charge in [-0.3, -0.25) is 10.1 Å². The molecule has 1 amide bonds. The van der Waals surface area contributed by atoms with Crippen LogP contribution in [0.2, 0.25) is 0 Å². The van der Waals surface area contributed by atoms with Crippen LogP contribution in [0.5, 0.6) is 0 Å². The van der Waals surface area contributed by atoms with E-state index in [0.29, 0.717) is 18.5 Å². The summed E-state index contributed by atoms with van der Waals surface area (Å²) in [6.45, 7) is 6.39. The van der Waals surface area contributed by atoms with Gasteiger partial charge in [-0.15, -0.1) is 0 Å². The summed E-state index contributed by atoms with van der Waals surface area (Å²) in [5.41, 5.74) is 0. The topological polar surface area (TPSA) is 41.6 Å². The highest BCUT2D eigenvalue weighted by atomic mass is 16.5. The van der Waals surface area contributed by atoms with Gasteiger partial charge < -0.3 is 9.64 Å². The highest BCUT2D eigenvalue weighted by molar-refractivity contribution is 5.81. The lowest BCUT2D eigenvalue weighted by Gasteiger charge is -2.36. The molecule has 4 nitrogen and oxygen atoms in total. The first kappa shape index (κ1) is 10.9. The van der Waals surface area contributed by atoms with E-state index in [-0.39, 0.29) is 12.1 Å². The predicted octanol–water partition coefficient (Wildman–Crippen LogP) is 0.579. The van der Waals surface area contributed by atoms with Gasteiger partial charge in [-0.05, 0) is 18.8 Å². The Kier molecular flexibility index (Phi) is 3.26. The molecule has 0 saturated carbocycles. The highest BCUT2D eigenvalue weighted by Crippen LogP contribution is 2.22. The van der Waals surface area contributed by atoms with Gasteiger partial charge in [0.05, 0.1) is 12.7 Å². The van der Waals surface area contributed by atoms with E-state index in [1.807, 2.05) is 4.90 Å². The maximum absolute atomic E-state index is 11.8. The predicted molar refractivity (Wildman–Crippen MR) is 57.3 cm³/mol. The van der Waals surface area contributed by atoms with Gasteiger partial charge in [-0.1, -0.05) is 13.8 Å². The van der Waals surface area contributed by atoms with Crippen LogP contribution in [0.3, 0.4) is 0 Å². The van der Waals surface area contributed by atoms with Crippen molar-refractivity contribution in [3.8, 4) is 0 Å². The van der Waals surface area contributed by atoms with Gasteiger partial charge >= 0.3 is 0 Å². The molecule has 0 aliphatic carbocycles. The maximum atomic E-state index is 11.8. The summed E-state index contributed by atoms with van der Waals surface area (Å²) in [4.78, 5) is 13.9. The number of carbonyl (C=O) groups is 1. The van der Waals surface area contributed by atoms with E-state index in [4.69, 9.17) is 4.74 Å². The third-order valence-electron chi connectivity index (χ3n) is 3.27. The van der Waals surface area contributed by atoms with Crippen molar-refractivity contribution in [3.05, 3.63) is 0 Å². The molecule has 1 unspecified atom stereocenters. The lowest BCUT2D eigenvalue weighted by atomic mass is 10.0. The van der Waals surface area contributed by atoms with Crippen LogP contribution < -0.4 is 5.32 Å². The number of hydrogen-bond donors (Lipinski definition) is 1. The van der Waals surface area contributed by atoms with Crippen molar-refractivity contribution in [3.63, 3.8) is 0 Å². The molecule has 0 spiro atoms. The molecule has 2 aliphatic heterocycles. The van der Waals surface area contributed by atoms with E-state index >= 15 is 0 Å². The Morgan fingerprint density at radius 2 is 2.07 bits per heavy atom. The van der Waals surface area contributed by atoms with Crippen LogP contribution in [0.25, 0.3) is 0 Å². The summed E-state index contributed by atoms with van der Waals surface area (Å²) < 4.78 is 5.33. The molecule has 1 atom stereocenters. The minimum atomic E-state index is 0.223. The number of carbonyl (C=O) groups excluding carboxylic acids is 1. The summed E-state index contributed by atoms with van der Waals surface area (Å²) in [5.74, 6) is 0.722. The first-order valence-corrected chi connectivity index (χ1v) is 5.82. The fraction of sp³-hybridized carbons (Fsp3) is 0.909. The van der Waals surface area contributed by atoms with Crippen LogP contribution >= 0.6 is 0 Å². The molecule has 2 heterocycles. The standard InChI is InChI=1S/C11H20N2O2/c1-8(2)11-12-7-10(14)13(11)9-3-5-15-6-4-9/h8-9,11-12H,3-7H2,1-2H3. The Bertz CT molecular complexity index is 237. The number of hydrogen-bond acceptors (Lipinski definition) is 3. The molecule has 86 valence electrons. The molecule has 15 heavy (non-hydrogen) atoms. The molecular weight excluding hydrogens is 192 g/mol. The third kappa shape index (κ3) is 2.16. The van der Waals surface area contributed by atoms with Crippen molar-refractivity contribution >= 4 is 5.91 Å². The Balaban J connectivity index is 2.05. The lowest BCUT2D eigenvalue weighted by molar-refractivity contribution is -0.133. The molecule has 0 aromatic carbocycles. The Hall–Kier alpha value is -0.610. The molecule has 4 heteroatoms. The van der Waals surface area contributed by atoms with E-state index in [2.05, 4.69) is 19.2 Å². The van der Waals surface area contributed by atoms with Gasteiger partial charge in [0.1, 0.15) is 0 Å². The molecule has 2 saturated heterocycles. The van der Waals surface area contributed by atoms with Crippen molar-refractivity contribution < 1.29 is 9.53 Å². The van der Waals surface area contributed by atoms with Crippen LogP contribution in [0.15, 0.2) is 0 Å². The van der Waals surface area contributed by atoms with Gasteiger partial charge in [0, 0.05) is 19.3 Å². The second kappa shape index (κ2) is 4.49. The fourth-order valence-electron chi connectivity index (χ4n) is 2.49. The van der Waals surface area contributed by atoms with Gasteiger partial charge in [-0.25, -0.2) is 0 Å². The molecule has 0 aromatic heterocycles. The minimum absolute atomic E-state index is 0.223. The fourth-order valence-corrected chi connectivity index (χ4v) is 2.49. The number of nitrogens with zero attached hydrogens (tertiary/aromatic N) is 1. The zero-order valence-electron chi connectivity index (χ0n) is 9.53. The number of amides is 1. The van der Waals surface area contributed by atoms with Crippen LogP contribution in [-0.2, 0) is 9.53 Å². The average molecular weight is 212 g/mol. The molecule has 0 aromatic rings. The molecular formula is C11H20N2O2. The molecule has 0 radical (unpaired) electrons. The lowest BCUT2D eigenvalue weighted by Crippen LogP contribution is -2.49. The zero-order chi connectivity index (χ0) is 10.8. The summed E-state index contributed by atoms with van der Waals surface area (Å²) >= 11 is 0. The normalized spacial score (nSPS) is 29.1. The molecule has 1 N–H and O–H groups in total. The molecule has 0 bridgehead atoms. The summed E-state index contributed by atoms with van der Waals surface area (Å²) in [6.07, 6.45) is 2.19. The van der Waals surface area contributed by atoms with Crippen LogP contribution in [0.4, 0.5) is 0 Å². The van der Waals surface area contributed by atoms with Crippen molar-refractivity contribution in [1.82, 2.24) is 10.2 Å². The summed E-state index contributed by atoms with van der Waals surface area (Å²) in [6, 6.07) is 0.383. The maximum Gasteiger partial charge on any atom is 0.238 e. The second-order valence-electron chi connectivity index (χ2n) is 4.71. The van der Waals surface area contributed by atoms with E-state index in [0.717, 1.165) is 26.1 Å². The average Bonchev–Trinajstić information content (AvgIpc) is 2.61. The van der Waals surface area contributed by atoms with Crippen LogP contribution in [-0.4, -0.2) is 42.8 Å². The monoisotopic (exact) mass is 212 g/mol. The highest BCUT2D eigenvalue weighted by Gasteiger charge is 2.37. The van der Waals surface area contributed by atoms with Gasteiger partial charge in [0.15, 0.2) is 0 Å². The number of rotatable bonds is 2. The van der Waals surface area contributed by atoms with E-state index < -0.39 is 0 Å². The first-order valence-electron chi connectivity index (χ1n) is 5.82. The van der Waals surface area contributed by atoms with Gasteiger partial charge in [-0.2, -0.15) is 0 Å². The van der Waals surface area contributed by atoms with Crippen LogP contribution in [0.1, 0.15) is 26.7 Å². The van der Waals surface area contributed by atoms with Crippen molar-refractivity contribution in [2.75, 3.05) is 19.8 Å². The Labute approximate surface area is 91.0 Å². The Morgan fingerprint density at radius 1 is 1.40 bits per heavy atom. The van der Waals surface area contributed by atoms with Crippen molar-refractivity contribution in [2.45, 2.75) is 38.9 Å². The smallest absolute Gasteiger partial charge is 0.238 e. The molecule has 2 aliphatic rings. The SMILES string of the molecule is CC(C)C1NCC(=O)N1C1CCOCC1. The van der Waals surface area contributed by atoms with E-state index in [9.17, 15) is 4.79 Å². The Morgan fingerprint density at radius 3 is 2.67 bits per heavy atom. The largest absolute Gasteiger partial charge is 0.381 e. The quantitative estimate of drug-likeness (QED) is 0.728. The summed E-state index contributed by atoms with van der Waals surface area (Å²) in [5, 5.41) is 3.29. The van der Waals surface area contributed by atoms with Crippen LogP contribution in [0, 0.1) is 5.92 Å². The second-order valence-corrected chi connectivity index (χ2v) is 4.71. The zero-order valence-corrected chi connectivity index (χ0v) is 9.53. The van der Waals surface area contributed by atoms with Gasteiger partial charge in [0.25, 0.3) is 0 Å².